The van der Waals surface area contributed by atoms with Crippen LogP contribution in [0.4, 0.5) is 0 Å². The van der Waals surface area contributed by atoms with Crippen molar-refractivity contribution in [2.75, 3.05) is 0 Å². The highest BCUT2D eigenvalue weighted by atomic mass is 15.0. The third-order valence-electron chi connectivity index (χ3n) is 14.2. The zero-order chi connectivity index (χ0) is 46.3. The molecular formula is C66H38N4. The summed E-state index contributed by atoms with van der Waals surface area (Å²) in [6.07, 6.45) is 0. The Hall–Kier alpha value is -9.56. The number of hydrogen-bond donors (Lipinski definition) is 0. The Morgan fingerprint density at radius 2 is 0.700 bits per heavy atom. The molecule has 0 amide bonds. The van der Waals surface area contributed by atoms with Crippen LogP contribution in [0.5, 0.6) is 0 Å². The number of hydrogen-bond acceptors (Lipinski definition) is 4. The molecule has 0 atom stereocenters. The Morgan fingerprint density at radius 3 is 1.41 bits per heavy atom. The van der Waals surface area contributed by atoms with E-state index in [0.717, 1.165) is 50.1 Å². The average molecular weight is 887 g/mol. The van der Waals surface area contributed by atoms with Gasteiger partial charge in [-0.25, -0.2) is 15.0 Å². The topological polar surface area (TPSA) is 62.5 Å². The summed E-state index contributed by atoms with van der Waals surface area (Å²) < 4.78 is 0. The molecule has 70 heavy (non-hydrogen) atoms. The minimum Gasteiger partial charge on any atom is -0.208 e. The van der Waals surface area contributed by atoms with Gasteiger partial charge in [0.25, 0.3) is 0 Å². The third kappa shape index (κ3) is 6.34. The lowest BCUT2D eigenvalue weighted by atomic mass is 9.88. The highest BCUT2D eigenvalue weighted by molar-refractivity contribution is 6.19. The lowest BCUT2D eigenvalue weighted by Crippen LogP contribution is -2.00. The molecule has 0 radical (unpaired) electrons. The number of fused-ring (bicyclic) bond motifs is 6. The summed E-state index contributed by atoms with van der Waals surface area (Å²) in [6, 6.07) is 84.0. The largest absolute Gasteiger partial charge is 0.208 e. The predicted molar refractivity (Wildman–Crippen MR) is 286 cm³/mol. The Kier molecular flexibility index (Phi) is 8.92. The normalized spacial score (nSPS) is 11.7. The molecule has 0 saturated carbocycles. The second kappa shape index (κ2) is 15.8. The molecule has 0 fully saturated rings. The number of nitriles is 1. The monoisotopic (exact) mass is 886 g/mol. The molecule has 2 aliphatic carbocycles. The highest BCUT2D eigenvalue weighted by Gasteiger charge is 2.25. The van der Waals surface area contributed by atoms with E-state index in [-0.39, 0.29) is 0 Å². The van der Waals surface area contributed by atoms with Gasteiger partial charge in [0.05, 0.1) is 11.6 Å². The van der Waals surface area contributed by atoms with Crippen molar-refractivity contribution in [3.8, 4) is 129 Å². The fourth-order valence-corrected chi connectivity index (χ4v) is 11.0. The van der Waals surface area contributed by atoms with Gasteiger partial charge in [-0.2, -0.15) is 5.26 Å². The first-order valence-electron chi connectivity index (χ1n) is 23.6. The SMILES string of the molecule is N#Cc1cc(-c2ccc(-c3nc(-c4ccccc4)nc(-c4ccc5c(c4)-c4cccc6cccc-5c46)n3)cc2)cc(-c2cccc(-c3ccccc3-c3ccc4c5c(cccc35)-c3ccccc3-4)c2)c1. The van der Waals surface area contributed by atoms with E-state index in [1.807, 2.05) is 42.5 Å². The fraction of sp³-hybridized carbons (Fsp3) is 0. The van der Waals surface area contributed by atoms with Gasteiger partial charge in [0.2, 0.25) is 0 Å². The van der Waals surface area contributed by atoms with E-state index in [1.165, 1.54) is 77.2 Å². The number of rotatable bonds is 7. The van der Waals surface area contributed by atoms with Gasteiger partial charge < -0.3 is 0 Å². The van der Waals surface area contributed by atoms with E-state index in [4.69, 9.17) is 15.0 Å². The van der Waals surface area contributed by atoms with Crippen LogP contribution in [0.1, 0.15) is 5.56 Å². The minimum atomic E-state index is 0.590. The molecule has 4 heteroatoms. The van der Waals surface area contributed by atoms with Crippen molar-refractivity contribution in [2.45, 2.75) is 0 Å². The standard InChI is InChI=1S/C66H38N4/c67-39-40-34-48(37-49(35-40)45-16-8-17-46(36-45)50-18-4-5-19-51(50)54-32-33-60-53-21-7-6-20-52(53)57-24-11-25-58(54)63(57)60)41-26-28-44(29-27-41)65-68-64(43-12-2-1-3-13-43)69-66(70-65)47-30-31-55-56-22-9-14-42-15-10-23-59(62(42)56)61(55)38-47/h1-38H. The van der Waals surface area contributed by atoms with Crippen LogP contribution >= 0.6 is 0 Å². The first-order valence-corrected chi connectivity index (χ1v) is 23.6. The van der Waals surface area contributed by atoms with Gasteiger partial charge in [-0.3, -0.25) is 0 Å². The molecule has 1 heterocycles. The minimum absolute atomic E-state index is 0.590. The highest BCUT2D eigenvalue weighted by Crippen LogP contribution is 2.51. The molecule has 0 spiro atoms. The Labute approximate surface area is 405 Å². The van der Waals surface area contributed by atoms with Crippen molar-refractivity contribution < 1.29 is 0 Å². The quantitative estimate of drug-likeness (QED) is 0.160. The smallest absolute Gasteiger partial charge is 0.164 e. The maximum atomic E-state index is 10.4. The maximum absolute atomic E-state index is 10.4. The second-order valence-corrected chi connectivity index (χ2v) is 18.2. The summed E-state index contributed by atoms with van der Waals surface area (Å²) >= 11 is 0. The molecule has 0 N–H and O–H groups in total. The van der Waals surface area contributed by atoms with Gasteiger partial charge in [0, 0.05) is 16.7 Å². The van der Waals surface area contributed by atoms with Crippen LogP contribution in [-0.2, 0) is 0 Å². The second-order valence-electron chi connectivity index (χ2n) is 18.2. The first-order chi connectivity index (χ1) is 34.6. The van der Waals surface area contributed by atoms with E-state index < -0.39 is 0 Å². The van der Waals surface area contributed by atoms with Crippen molar-refractivity contribution >= 4 is 21.5 Å². The molecule has 4 nitrogen and oxygen atoms in total. The zero-order valence-corrected chi connectivity index (χ0v) is 37.7. The lowest BCUT2D eigenvalue weighted by molar-refractivity contribution is 1.07. The lowest BCUT2D eigenvalue weighted by Gasteiger charge is -2.15. The van der Waals surface area contributed by atoms with Gasteiger partial charge >= 0.3 is 0 Å². The molecular weight excluding hydrogens is 849 g/mol. The van der Waals surface area contributed by atoms with Crippen molar-refractivity contribution in [1.82, 2.24) is 15.0 Å². The third-order valence-corrected chi connectivity index (χ3v) is 14.2. The van der Waals surface area contributed by atoms with E-state index in [2.05, 4.69) is 194 Å². The molecule has 322 valence electrons. The van der Waals surface area contributed by atoms with Crippen molar-refractivity contribution in [1.29, 1.82) is 5.26 Å². The van der Waals surface area contributed by atoms with Crippen LogP contribution in [-0.4, -0.2) is 15.0 Å². The molecule has 0 saturated heterocycles. The van der Waals surface area contributed by atoms with Crippen molar-refractivity contribution in [3.63, 3.8) is 0 Å². The predicted octanol–water partition coefficient (Wildman–Crippen LogP) is 17.0. The molecule has 1 aromatic heterocycles. The summed E-state index contributed by atoms with van der Waals surface area (Å²) in [5, 5.41) is 15.5. The van der Waals surface area contributed by atoms with Crippen LogP contribution in [0, 0.1) is 11.3 Å². The molecule has 12 aromatic rings. The van der Waals surface area contributed by atoms with Crippen molar-refractivity contribution in [3.05, 3.63) is 236 Å². The molecule has 0 bridgehead atoms. The zero-order valence-electron chi connectivity index (χ0n) is 37.7. The summed E-state index contributed by atoms with van der Waals surface area (Å²) in [5.74, 6) is 1.82. The van der Waals surface area contributed by atoms with Gasteiger partial charge in [-0.1, -0.05) is 200 Å². The average Bonchev–Trinajstić information content (AvgIpc) is 3.94. The van der Waals surface area contributed by atoms with Crippen LogP contribution < -0.4 is 0 Å². The summed E-state index contributed by atoms with van der Waals surface area (Å²) in [4.78, 5) is 15.2. The first kappa shape index (κ1) is 39.6. The molecule has 14 rings (SSSR count). The van der Waals surface area contributed by atoms with E-state index in [1.54, 1.807) is 0 Å². The van der Waals surface area contributed by atoms with Gasteiger partial charge in [-0.15, -0.1) is 0 Å². The van der Waals surface area contributed by atoms with Gasteiger partial charge in [0.1, 0.15) is 0 Å². The number of aromatic nitrogens is 3. The Balaban J connectivity index is 0.812. The van der Waals surface area contributed by atoms with Crippen molar-refractivity contribution in [2.24, 2.45) is 0 Å². The van der Waals surface area contributed by atoms with Crippen LogP contribution in [0.3, 0.4) is 0 Å². The van der Waals surface area contributed by atoms with Gasteiger partial charge in [-0.05, 0) is 141 Å². The summed E-state index contributed by atoms with van der Waals surface area (Å²) in [6.45, 7) is 0. The van der Waals surface area contributed by atoms with E-state index >= 15 is 0 Å². The summed E-state index contributed by atoms with van der Waals surface area (Å²) in [7, 11) is 0. The van der Waals surface area contributed by atoms with Crippen LogP contribution in [0.25, 0.3) is 145 Å². The number of nitrogens with zero attached hydrogens (tertiary/aromatic N) is 4. The van der Waals surface area contributed by atoms with E-state index in [0.29, 0.717) is 23.0 Å². The fourth-order valence-electron chi connectivity index (χ4n) is 11.0. The molecule has 0 unspecified atom stereocenters. The van der Waals surface area contributed by atoms with Gasteiger partial charge in [0.15, 0.2) is 17.5 Å². The van der Waals surface area contributed by atoms with E-state index in [9.17, 15) is 5.26 Å². The summed E-state index contributed by atoms with van der Waals surface area (Å²) in [5.41, 5.74) is 22.0. The number of benzene rings is 11. The van der Waals surface area contributed by atoms with Crippen LogP contribution in [0.15, 0.2) is 231 Å². The van der Waals surface area contributed by atoms with Crippen LogP contribution in [0.2, 0.25) is 0 Å². The Bertz CT molecular complexity index is 4150. The molecule has 11 aromatic carbocycles. The Morgan fingerprint density at radius 1 is 0.257 bits per heavy atom. The molecule has 2 aliphatic rings. The molecule has 0 aliphatic heterocycles. The maximum Gasteiger partial charge on any atom is 0.164 e.